The van der Waals surface area contributed by atoms with Crippen LogP contribution in [0.2, 0.25) is 0 Å². The highest BCUT2D eigenvalue weighted by atomic mass is 16.2. The van der Waals surface area contributed by atoms with Gasteiger partial charge in [-0.1, -0.05) is 6.92 Å². The lowest BCUT2D eigenvalue weighted by atomic mass is 10.1. The highest BCUT2D eigenvalue weighted by Gasteiger charge is 2.16. The van der Waals surface area contributed by atoms with E-state index in [4.69, 9.17) is 0 Å². The molecule has 3 heteroatoms. The second-order valence-corrected chi connectivity index (χ2v) is 4.73. The van der Waals surface area contributed by atoms with E-state index in [1.165, 1.54) is 0 Å². The Kier molecular flexibility index (Phi) is 5.20. The van der Waals surface area contributed by atoms with Crippen molar-refractivity contribution in [2.45, 2.75) is 40.2 Å². The summed E-state index contributed by atoms with van der Waals surface area (Å²) in [6.07, 6.45) is 0.969. The van der Waals surface area contributed by atoms with Crippen molar-refractivity contribution < 1.29 is 4.79 Å². The Morgan fingerprint density at radius 3 is 2.56 bits per heavy atom. The lowest BCUT2D eigenvalue weighted by Crippen LogP contribution is -2.34. The molecule has 0 aliphatic heterocycles. The number of carbonyl (C=O) groups excluding carboxylic acids is 1. The second kappa shape index (κ2) is 6.43. The van der Waals surface area contributed by atoms with Gasteiger partial charge in [0.25, 0.3) is 5.91 Å². The zero-order valence-corrected chi connectivity index (χ0v) is 12.1. The van der Waals surface area contributed by atoms with E-state index < -0.39 is 0 Å². The van der Waals surface area contributed by atoms with Crippen molar-refractivity contribution in [2.24, 2.45) is 0 Å². The molecule has 0 heterocycles. The number of amides is 1. The van der Waals surface area contributed by atoms with Crippen LogP contribution >= 0.6 is 0 Å². The van der Waals surface area contributed by atoms with Crippen molar-refractivity contribution in [2.75, 3.05) is 18.9 Å². The van der Waals surface area contributed by atoms with Crippen LogP contribution in [-0.4, -0.2) is 30.4 Å². The van der Waals surface area contributed by atoms with Crippen LogP contribution in [0.4, 0.5) is 5.69 Å². The highest BCUT2D eigenvalue weighted by Crippen LogP contribution is 2.18. The van der Waals surface area contributed by atoms with Crippen LogP contribution in [0.15, 0.2) is 18.2 Å². The summed E-state index contributed by atoms with van der Waals surface area (Å²) in [7, 11) is 1.87. The fraction of sp³-hybridized carbons (Fsp3) is 0.533. The molecule has 0 saturated carbocycles. The molecule has 1 aromatic carbocycles. The fourth-order valence-corrected chi connectivity index (χ4v) is 1.86. The van der Waals surface area contributed by atoms with Crippen molar-refractivity contribution in [1.82, 2.24) is 4.90 Å². The zero-order valence-electron chi connectivity index (χ0n) is 12.1. The summed E-state index contributed by atoms with van der Waals surface area (Å²) in [5.41, 5.74) is 2.97. The van der Waals surface area contributed by atoms with Crippen molar-refractivity contribution in [3.8, 4) is 0 Å². The van der Waals surface area contributed by atoms with Crippen LogP contribution in [0.3, 0.4) is 0 Å². The number of carbonyl (C=O) groups is 1. The first-order valence-corrected chi connectivity index (χ1v) is 6.62. The van der Waals surface area contributed by atoms with Crippen LogP contribution in [0.5, 0.6) is 0 Å². The van der Waals surface area contributed by atoms with Crippen LogP contribution in [-0.2, 0) is 0 Å². The number of benzene rings is 1. The van der Waals surface area contributed by atoms with Crippen LogP contribution in [0.1, 0.15) is 43.1 Å². The van der Waals surface area contributed by atoms with E-state index >= 15 is 0 Å². The molecular weight excluding hydrogens is 224 g/mol. The molecule has 18 heavy (non-hydrogen) atoms. The van der Waals surface area contributed by atoms with E-state index in [0.29, 0.717) is 0 Å². The number of hydrogen-bond donors (Lipinski definition) is 1. The van der Waals surface area contributed by atoms with Gasteiger partial charge in [0, 0.05) is 30.9 Å². The average molecular weight is 248 g/mol. The van der Waals surface area contributed by atoms with Crippen molar-refractivity contribution in [1.29, 1.82) is 0 Å². The summed E-state index contributed by atoms with van der Waals surface area (Å²) in [4.78, 5) is 14.1. The minimum Gasteiger partial charge on any atom is -0.385 e. The van der Waals surface area contributed by atoms with Gasteiger partial charge in [0.05, 0.1) is 0 Å². The topological polar surface area (TPSA) is 32.3 Å². The molecule has 1 amide bonds. The third-order valence-corrected chi connectivity index (χ3v) is 3.41. The summed E-state index contributed by atoms with van der Waals surface area (Å²) in [5.74, 6) is 0.0931. The Morgan fingerprint density at radius 2 is 2.06 bits per heavy atom. The molecule has 1 rings (SSSR count). The predicted octanol–water partition coefficient (Wildman–Crippen LogP) is 3.30. The molecular formula is C15H24N2O. The quantitative estimate of drug-likeness (QED) is 0.867. The second-order valence-electron chi connectivity index (χ2n) is 4.73. The number of nitrogens with zero attached hydrogens (tertiary/aromatic N) is 1. The molecule has 0 radical (unpaired) electrons. The first kappa shape index (κ1) is 14.6. The van der Waals surface area contributed by atoms with Crippen LogP contribution in [0.25, 0.3) is 0 Å². The van der Waals surface area contributed by atoms with Crippen molar-refractivity contribution in [3.05, 3.63) is 29.3 Å². The molecule has 0 spiro atoms. The molecule has 100 valence electrons. The Bertz CT molecular complexity index is 415. The SMILES string of the molecule is CCNc1ccc(C(=O)N(C)C(C)CC)cc1C. The number of nitrogens with one attached hydrogen (secondary N) is 1. The maximum atomic E-state index is 12.3. The molecule has 0 aliphatic carbocycles. The van der Waals surface area contributed by atoms with Gasteiger partial charge in [0.1, 0.15) is 0 Å². The number of anilines is 1. The van der Waals surface area contributed by atoms with Gasteiger partial charge in [-0.05, 0) is 51.0 Å². The summed E-state index contributed by atoms with van der Waals surface area (Å²) in [6, 6.07) is 6.10. The van der Waals surface area contributed by atoms with Gasteiger partial charge in [0.15, 0.2) is 0 Å². The van der Waals surface area contributed by atoms with E-state index in [-0.39, 0.29) is 11.9 Å². The van der Waals surface area contributed by atoms with Gasteiger partial charge in [-0.3, -0.25) is 4.79 Å². The van der Waals surface area contributed by atoms with Gasteiger partial charge < -0.3 is 10.2 Å². The summed E-state index contributed by atoms with van der Waals surface area (Å²) >= 11 is 0. The summed E-state index contributed by atoms with van der Waals surface area (Å²) < 4.78 is 0. The molecule has 0 aliphatic rings. The smallest absolute Gasteiger partial charge is 0.253 e. The standard InChI is InChI=1S/C15H24N2O/c1-6-12(4)17(5)15(18)13-8-9-14(16-7-2)11(3)10-13/h8-10,12,16H,6-7H2,1-5H3. The Balaban J connectivity index is 2.90. The molecule has 1 unspecified atom stereocenters. The molecule has 0 aromatic heterocycles. The summed E-state index contributed by atoms with van der Waals surface area (Å²) in [5, 5.41) is 3.28. The number of hydrogen-bond acceptors (Lipinski definition) is 2. The summed E-state index contributed by atoms with van der Waals surface area (Å²) in [6.45, 7) is 9.14. The molecule has 3 nitrogen and oxygen atoms in total. The van der Waals surface area contributed by atoms with Gasteiger partial charge >= 0.3 is 0 Å². The average Bonchev–Trinajstić information content (AvgIpc) is 2.38. The van der Waals surface area contributed by atoms with Gasteiger partial charge in [-0.2, -0.15) is 0 Å². The molecule has 1 atom stereocenters. The van der Waals surface area contributed by atoms with Crippen molar-refractivity contribution in [3.63, 3.8) is 0 Å². The van der Waals surface area contributed by atoms with Gasteiger partial charge in [0.2, 0.25) is 0 Å². The molecule has 0 bridgehead atoms. The van der Waals surface area contributed by atoms with E-state index in [1.807, 2.05) is 37.1 Å². The molecule has 1 N–H and O–H groups in total. The van der Waals surface area contributed by atoms with Crippen LogP contribution in [0, 0.1) is 6.92 Å². The van der Waals surface area contributed by atoms with Crippen molar-refractivity contribution >= 4 is 11.6 Å². The number of rotatable bonds is 5. The predicted molar refractivity (Wildman–Crippen MR) is 77.2 cm³/mol. The monoisotopic (exact) mass is 248 g/mol. The minimum atomic E-state index is 0.0931. The zero-order chi connectivity index (χ0) is 13.7. The Morgan fingerprint density at radius 1 is 1.39 bits per heavy atom. The molecule has 1 aromatic rings. The van der Waals surface area contributed by atoms with Gasteiger partial charge in [-0.25, -0.2) is 0 Å². The first-order chi connectivity index (χ1) is 8.51. The Hall–Kier alpha value is -1.51. The third kappa shape index (κ3) is 3.25. The van der Waals surface area contributed by atoms with E-state index in [0.717, 1.165) is 29.8 Å². The van der Waals surface area contributed by atoms with E-state index in [9.17, 15) is 4.79 Å². The minimum absolute atomic E-state index is 0.0931. The Labute approximate surface area is 110 Å². The third-order valence-electron chi connectivity index (χ3n) is 3.41. The maximum absolute atomic E-state index is 12.3. The highest BCUT2D eigenvalue weighted by molar-refractivity contribution is 5.95. The molecule has 0 saturated heterocycles. The normalized spacial score (nSPS) is 12.1. The molecule has 0 fully saturated rings. The van der Waals surface area contributed by atoms with Crippen LogP contribution < -0.4 is 5.32 Å². The van der Waals surface area contributed by atoms with Gasteiger partial charge in [-0.15, -0.1) is 0 Å². The lowest BCUT2D eigenvalue weighted by Gasteiger charge is -2.24. The first-order valence-electron chi connectivity index (χ1n) is 6.62. The maximum Gasteiger partial charge on any atom is 0.253 e. The largest absolute Gasteiger partial charge is 0.385 e. The lowest BCUT2D eigenvalue weighted by molar-refractivity contribution is 0.0740. The van der Waals surface area contributed by atoms with E-state index in [2.05, 4.69) is 26.1 Å². The number of aryl methyl sites for hydroxylation is 1. The fourth-order valence-electron chi connectivity index (χ4n) is 1.86. The van der Waals surface area contributed by atoms with E-state index in [1.54, 1.807) is 0 Å².